The third-order valence-electron chi connectivity index (χ3n) is 4.56. The zero-order valence-corrected chi connectivity index (χ0v) is 14.4. The van der Waals surface area contributed by atoms with E-state index in [0.29, 0.717) is 29.3 Å². The van der Waals surface area contributed by atoms with Crippen molar-refractivity contribution in [1.82, 2.24) is 0 Å². The third-order valence-corrected chi connectivity index (χ3v) is 4.56. The molecule has 0 spiro atoms. The number of carbonyl (C=O) groups excluding carboxylic acids is 1. The zero-order chi connectivity index (χ0) is 18.1. The van der Waals surface area contributed by atoms with Gasteiger partial charge in [-0.3, -0.25) is 0 Å². The van der Waals surface area contributed by atoms with Crippen molar-refractivity contribution in [2.45, 2.75) is 26.2 Å². The lowest BCUT2D eigenvalue weighted by molar-refractivity contribution is 0.0730. The summed E-state index contributed by atoms with van der Waals surface area (Å²) in [5.41, 5.74) is 2.32. The normalized spacial score (nSPS) is 12.8. The highest BCUT2D eigenvalue weighted by molar-refractivity contribution is 5.94. The number of fused-ring (bicyclic) bond motifs is 3. The molecule has 0 bridgehead atoms. The molecule has 1 aromatic heterocycles. The first-order valence-electron chi connectivity index (χ1n) is 8.70. The third kappa shape index (κ3) is 2.86. The highest BCUT2D eigenvalue weighted by Crippen LogP contribution is 2.30. The van der Waals surface area contributed by atoms with Crippen LogP contribution < -0.4 is 15.1 Å². The van der Waals surface area contributed by atoms with Crippen LogP contribution in [0.5, 0.6) is 11.5 Å². The average molecular weight is 350 g/mol. The van der Waals surface area contributed by atoms with Gasteiger partial charge in [0.2, 0.25) is 0 Å². The molecule has 132 valence electrons. The molecule has 3 aromatic rings. The molecule has 0 N–H and O–H groups in total. The number of ether oxygens (including phenoxy) is 2. The number of hydrogen-bond donors (Lipinski definition) is 0. The Bertz CT molecular complexity index is 1050. The fourth-order valence-electron chi connectivity index (χ4n) is 3.41. The minimum Gasteiger partial charge on any atom is -0.493 e. The van der Waals surface area contributed by atoms with Gasteiger partial charge in [0.05, 0.1) is 6.61 Å². The molecular formula is C21H18O5. The summed E-state index contributed by atoms with van der Waals surface area (Å²) in [4.78, 5) is 24.6. The second kappa shape index (κ2) is 6.67. The topological polar surface area (TPSA) is 65.7 Å². The Kier molecular flexibility index (Phi) is 4.21. The van der Waals surface area contributed by atoms with Gasteiger partial charge in [0.25, 0.3) is 0 Å². The van der Waals surface area contributed by atoms with Crippen LogP contribution >= 0.6 is 0 Å². The van der Waals surface area contributed by atoms with Gasteiger partial charge in [0, 0.05) is 17.0 Å². The maximum atomic E-state index is 12.5. The summed E-state index contributed by atoms with van der Waals surface area (Å²) in [5, 5.41) is 0.909. The van der Waals surface area contributed by atoms with Crippen LogP contribution in [0.3, 0.4) is 0 Å². The van der Waals surface area contributed by atoms with E-state index < -0.39 is 5.97 Å². The van der Waals surface area contributed by atoms with Crippen molar-refractivity contribution in [1.29, 1.82) is 0 Å². The minimum absolute atomic E-state index is 0.296. The Labute approximate surface area is 150 Å². The molecule has 1 aliphatic rings. The van der Waals surface area contributed by atoms with E-state index >= 15 is 0 Å². The van der Waals surface area contributed by atoms with Crippen LogP contribution in [-0.4, -0.2) is 12.6 Å². The summed E-state index contributed by atoms with van der Waals surface area (Å²) in [6.07, 6.45) is 2.60. The van der Waals surface area contributed by atoms with E-state index in [-0.39, 0.29) is 5.63 Å². The lowest BCUT2D eigenvalue weighted by Crippen LogP contribution is -2.11. The summed E-state index contributed by atoms with van der Waals surface area (Å²) in [6, 6.07) is 12.1. The molecule has 0 aliphatic heterocycles. The molecular weight excluding hydrogens is 332 g/mol. The standard InChI is InChI=1S/C21H18O5/c1-2-24-18-9-4-3-6-17(18)21(23)25-13-10-11-15-14-7-5-8-16(14)20(22)26-19(15)12-13/h3-4,6,9-12H,2,5,7-8H2,1H3. The SMILES string of the molecule is CCOc1ccccc1C(=O)Oc1ccc2c3c(c(=O)oc2c1)CCC3. The fourth-order valence-corrected chi connectivity index (χ4v) is 3.41. The smallest absolute Gasteiger partial charge is 0.347 e. The van der Waals surface area contributed by atoms with E-state index in [2.05, 4.69) is 0 Å². The molecule has 2 aromatic carbocycles. The maximum absolute atomic E-state index is 12.5. The number of para-hydroxylation sites is 1. The van der Waals surface area contributed by atoms with Crippen LogP contribution in [0, 0.1) is 0 Å². The second-order valence-electron chi connectivity index (χ2n) is 6.18. The number of aryl methyl sites for hydroxylation is 1. The molecule has 0 unspecified atom stereocenters. The Morgan fingerprint density at radius 1 is 1.12 bits per heavy atom. The van der Waals surface area contributed by atoms with Crippen molar-refractivity contribution in [3.8, 4) is 11.5 Å². The van der Waals surface area contributed by atoms with E-state index in [1.54, 1.807) is 36.4 Å². The van der Waals surface area contributed by atoms with Crippen LogP contribution in [0.4, 0.5) is 0 Å². The first kappa shape index (κ1) is 16.4. The fraction of sp³-hybridized carbons (Fsp3) is 0.238. The lowest BCUT2D eigenvalue weighted by Gasteiger charge is -2.10. The monoisotopic (exact) mass is 350 g/mol. The van der Waals surface area contributed by atoms with Crippen LogP contribution in [-0.2, 0) is 12.8 Å². The number of hydrogen-bond acceptors (Lipinski definition) is 5. The molecule has 4 rings (SSSR count). The van der Waals surface area contributed by atoms with Crippen LogP contribution in [0.15, 0.2) is 51.7 Å². The van der Waals surface area contributed by atoms with Crippen LogP contribution in [0.25, 0.3) is 11.0 Å². The molecule has 26 heavy (non-hydrogen) atoms. The Morgan fingerprint density at radius 2 is 1.92 bits per heavy atom. The number of benzene rings is 2. The van der Waals surface area contributed by atoms with Gasteiger partial charge < -0.3 is 13.9 Å². The number of carbonyl (C=O) groups is 1. The summed E-state index contributed by atoms with van der Waals surface area (Å²) < 4.78 is 16.4. The summed E-state index contributed by atoms with van der Waals surface area (Å²) >= 11 is 0. The second-order valence-corrected chi connectivity index (χ2v) is 6.18. The Morgan fingerprint density at radius 3 is 2.77 bits per heavy atom. The predicted molar refractivity (Wildman–Crippen MR) is 97.1 cm³/mol. The Hall–Kier alpha value is -3.08. The molecule has 0 saturated heterocycles. The van der Waals surface area contributed by atoms with E-state index in [0.717, 1.165) is 35.8 Å². The van der Waals surface area contributed by atoms with Crippen molar-refractivity contribution in [2.24, 2.45) is 0 Å². The maximum Gasteiger partial charge on any atom is 0.347 e. The van der Waals surface area contributed by atoms with Crippen molar-refractivity contribution in [2.75, 3.05) is 6.61 Å². The van der Waals surface area contributed by atoms with Gasteiger partial charge in [0.15, 0.2) is 0 Å². The molecule has 0 saturated carbocycles. The van der Waals surface area contributed by atoms with E-state index in [1.165, 1.54) is 0 Å². The molecule has 0 radical (unpaired) electrons. The van der Waals surface area contributed by atoms with Gasteiger partial charge in [-0.25, -0.2) is 9.59 Å². The predicted octanol–water partition coefficient (Wildman–Crippen LogP) is 3.90. The van der Waals surface area contributed by atoms with Gasteiger partial charge in [-0.15, -0.1) is 0 Å². The van der Waals surface area contributed by atoms with Gasteiger partial charge >= 0.3 is 11.6 Å². The summed E-state index contributed by atoms with van der Waals surface area (Å²) in [7, 11) is 0. The van der Waals surface area contributed by atoms with Crippen molar-refractivity contribution < 1.29 is 18.7 Å². The molecule has 0 atom stereocenters. The number of rotatable bonds is 4. The van der Waals surface area contributed by atoms with Gasteiger partial charge in [0.1, 0.15) is 22.6 Å². The molecule has 0 fully saturated rings. The zero-order valence-electron chi connectivity index (χ0n) is 14.4. The Balaban J connectivity index is 1.67. The first-order chi connectivity index (χ1) is 12.7. The highest BCUT2D eigenvalue weighted by atomic mass is 16.5. The van der Waals surface area contributed by atoms with Gasteiger partial charge in [-0.2, -0.15) is 0 Å². The molecule has 0 amide bonds. The lowest BCUT2D eigenvalue weighted by atomic mass is 10.1. The van der Waals surface area contributed by atoms with Crippen molar-refractivity contribution >= 4 is 16.9 Å². The largest absolute Gasteiger partial charge is 0.493 e. The average Bonchev–Trinajstić information content (AvgIpc) is 3.13. The molecule has 5 heteroatoms. The minimum atomic E-state index is -0.517. The summed E-state index contributed by atoms with van der Waals surface area (Å²) in [5.74, 6) is 0.289. The van der Waals surface area contributed by atoms with Gasteiger partial charge in [-0.05, 0) is 56.0 Å². The number of esters is 1. The molecule has 5 nitrogen and oxygen atoms in total. The van der Waals surface area contributed by atoms with E-state index in [4.69, 9.17) is 13.9 Å². The van der Waals surface area contributed by atoms with E-state index in [9.17, 15) is 9.59 Å². The quantitative estimate of drug-likeness (QED) is 0.406. The molecule has 1 heterocycles. The highest BCUT2D eigenvalue weighted by Gasteiger charge is 2.20. The van der Waals surface area contributed by atoms with Gasteiger partial charge in [-0.1, -0.05) is 12.1 Å². The molecule has 1 aliphatic carbocycles. The van der Waals surface area contributed by atoms with E-state index in [1.807, 2.05) is 13.0 Å². The van der Waals surface area contributed by atoms with Crippen LogP contribution in [0.1, 0.15) is 34.8 Å². The first-order valence-corrected chi connectivity index (χ1v) is 8.70. The van der Waals surface area contributed by atoms with Crippen LogP contribution in [0.2, 0.25) is 0 Å². The van der Waals surface area contributed by atoms with Crippen molar-refractivity contribution in [3.63, 3.8) is 0 Å². The summed E-state index contributed by atoms with van der Waals surface area (Å²) in [6.45, 7) is 2.31. The van der Waals surface area contributed by atoms with Crippen molar-refractivity contribution in [3.05, 3.63) is 69.6 Å².